The third kappa shape index (κ3) is 3.33. The Bertz CT molecular complexity index is 414. The van der Waals surface area contributed by atoms with Gasteiger partial charge in [0.2, 0.25) is 0 Å². The van der Waals surface area contributed by atoms with E-state index in [1.54, 1.807) is 0 Å². The maximum atomic E-state index is 13.6. The van der Waals surface area contributed by atoms with Crippen LogP contribution in [0.15, 0.2) is 18.2 Å². The number of aliphatic hydroxyl groups is 1. The molecule has 0 amide bonds. The van der Waals surface area contributed by atoms with Crippen molar-refractivity contribution in [1.82, 2.24) is 0 Å². The Morgan fingerprint density at radius 1 is 1.21 bits per heavy atom. The SMILES string of the molecule is CC(C)C1CCC(O)(Cc2c(F)cccc2F)CC1. The van der Waals surface area contributed by atoms with Gasteiger partial charge in [-0.1, -0.05) is 19.9 Å². The first-order valence-corrected chi connectivity index (χ1v) is 7.06. The van der Waals surface area contributed by atoms with Crippen molar-refractivity contribution in [3.05, 3.63) is 35.4 Å². The molecule has 0 heterocycles. The van der Waals surface area contributed by atoms with Crippen LogP contribution in [0.2, 0.25) is 0 Å². The third-order valence-corrected chi connectivity index (χ3v) is 4.47. The molecule has 0 saturated heterocycles. The van der Waals surface area contributed by atoms with Crippen molar-refractivity contribution >= 4 is 0 Å². The number of hydrogen-bond donors (Lipinski definition) is 1. The summed E-state index contributed by atoms with van der Waals surface area (Å²) in [4.78, 5) is 0. The molecule has 0 spiro atoms. The largest absolute Gasteiger partial charge is 0.390 e. The molecule has 1 fully saturated rings. The average molecular weight is 268 g/mol. The van der Waals surface area contributed by atoms with E-state index in [1.165, 1.54) is 18.2 Å². The van der Waals surface area contributed by atoms with Crippen LogP contribution >= 0.6 is 0 Å². The summed E-state index contributed by atoms with van der Waals surface area (Å²) in [5.41, 5.74) is -0.929. The lowest BCUT2D eigenvalue weighted by atomic mass is 9.72. The summed E-state index contributed by atoms with van der Waals surface area (Å²) in [5.74, 6) is 0.110. The Labute approximate surface area is 113 Å². The molecule has 0 atom stereocenters. The van der Waals surface area contributed by atoms with E-state index in [2.05, 4.69) is 13.8 Å². The van der Waals surface area contributed by atoms with Crippen LogP contribution in [0.3, 0.4) is 0 Å². The second-order valence-corrected chi connectivity index (χ2v) is 6.18. The normalized spacial score (nSPS) is 27.8. The second kappa shape index (κ2) is 5.58. The van der Waals surface area contributed by atoms with Crippen molar-refractivity contribution in [2.75, 3.05) is 0 Å². The van der Waals surface area contributed by atoms with Gasteiger partial charge in [-0.05, 0) is 49.7 Å². The lowest BCUT2D eigenvalue weighted by molar-refractivity contribution is -0.0158. The Hall–Kier alpha value is -0.960. The van der Waals surface area contributed by atoms with Crippen LogP contribution in [-0.2, 0) is 6.42 Å². The van der Waals surface area contributed by atoms with E-state index < -0.39 is 17.2 Å². The average Bonchev–Trinajstić information content (AvgIpc) is 2.35. The fourth-order valence-corrected chi connectivity index (χ4v) is 3.05. The molecule has 0 aliphatic heterocycles. The predicted molar refractivity (Wildman–Crippen MR) is 71.8 cm³/mol. The van der Waals surface area contributed by atoms with Crippen LogP contribution in [-0.4, -0.2) is 10.7 Å². The fraction of sp³-hybridized carbons (Fsp3) is 0.625. The highest BCUT2D eigenvalue weighted by Crippen LogP contribution is 2.38. The summed E-state index contributed by atoms with van der Waals surface area (Å²) < 4.78 is 27.3. The summed E-state index contributed by atoms with van der Waals surface area (Å²) in [6.45, 7) is 4.37. The zero-order valence-corrected chi connectivity index (χ0v) is 11.6. The maximum Gasteiger partial charge on any atom is 0.129 e. The molecule has 1 aromatic carbocycles. The minimum absolute atomic E-state index is 0.0213. The van der Waals surface area contributed by atoms with Gasteiger partial charge in [-0.25, -0.2) is 8.78 Å². The Morgan fingerprint density at radius 3 is 2.21 bits per heavy atom. The summed E-state index contributed by atoms with van der Waals surface area (Å²) in [6.07, 6.45) is 3.21. The van der Waals surface area contributed by atoms with E-state index >= 15 is 0 Å². The van der Waals surface area contributed by atoms with Gasteiger partial charge in [0, 0.05) is 12.0 Å². The molecule has 1 saturated carbocycles. The lowest BCUT2D eigenvalue weighted by Crippen LogP contribution is -2.37. The Kier molecular flexibility index (Phi) is 4.24. The summed E-state index contributed by atoms with van der Waals surface area (Å²) in [6, 6.07) is 3.86. The molecular weight excluding hydrogens is 246 g/mol. The zero-order valence-electron chi connectivity index (χ0n) is 11.6. The monoisotopic (exact) mass is 268 g/mol. The van der Waals surface area contributed by atoms with Crippen LogP contribution in [0.4, 0.5) is 8.78 Å². The first-order valence-electron chi connectivity index (χ1n) is 7.06. The fourth-order valence-electron chi connectivity index (χ4n) is 3.05. The van der Waals surface area contributed by atoms with Crippen molar-refractivity contribution in [3.8, 4) is 0 Å². The van der Waals surface area contributed by atoms with Crippen LogP contribution in [0.25, 0.3) is 0 Å². The number of halogens is 2. The first-order chi connectivity index (χ1) is 8.91. The standard InChI is InChI=1S/C16H22F2O/c1-11(2)12-6-8-16(19,9-7-12)10-13-14(17)4-3-5-15(13)18/h3-5,11-12,19H,6-10H2,1-2H3. The van der Waals surface area contributed by atoms with Gasteiger partial charge in [-0.15, -0.1) is 0 Å². The van der Waals surface area contributed by atoms with Crippen LogP contribution in [0.5, 0.6) is 0 Å². The van der Waals surface area contributed by atoms with Gasteiger partial charge >= 0.3 is 0 Å². The summed E-state index contributed by atoms with van der Waals surface area (Å²) in [7, 11) is 0. The summed E-state index contributed by atoms with van der Waals surface area (Å²) in [5, 5.41) is 10.5. The molecule has 1 nitrogen and oxygen atoms in total. The Balaban J connectivity index is 2.07. The van der Waals surface area contributed by atoms with Gasteiger partial charge in [-0.3, -0.25) is 0 Å². The van der Waals surface area contributed by atoms with E-state index in [4.69, 9.17) is 0 Å². The van der Waals surface area contributed by atoms with E-state index in [1.807, 2.05) is 0 Å². The van der Waals surface area contributed by atoms with Crippen molar-refractivity contribution in [1.29, 1.82) is 0 Å². The topological polar surface area (TPSA) is 20.2 Å². The molecule has 3 heteroatoms. The smallest absolute Gasteiger partial charge is 0.129 e. The summed E-state index contributed by atoms with van der Waals surface area (Å²) >= 11 is 0. The molecule has 1 aromatic rings. The molecule has 19 heavy (non-hydrogen) atoms. The highest BCUT2D eigenvalue weighted by molar-refractivity contribution is 5.21. The van der Waals surface area contributed by atoms with Crippen molar-refractivity contribution in [3.63, 3.8) is 0 Å². The van der Waals surface area contributed by atoms with E-state index in [0.717, 1.165) is 12.8 Å². The predicted octanol–water partition coefficient (Wildman–Crippen LogP) is 4.08. The highest BCUT2D eigenvalue weighted by atomic mass is 19.1. The van der Waals surface area contributed by atoms with Crippen LogP contribution < -0.4 is 0 Å². The second-order valence-electron chi connectivity index (χ2n) is 6.18. The van der Waals surface area contributed by atoms with Gasteiger partial charge in [0.05, 0.1) is 5.60 Å². The van der Waals surface area contributed by atoms with Crippen molar-refractivity contribution < 1.29 is 13.9 Å². The Morgan fingerprint density at radius 2 is 1.74 bits per heavy atom. The molecule has 0 radical (unpaired) electrons. The van der Waals surface area contributed by atoms with Crippen LogP contribution in [0.1, 0.15) is 45.1 Å². The number of rotatable bonds is 3. The van der Waals surface area contributed by atoms with E-state index in [0.29, 0.717) is 24.7 Å². The molecule has 0 bridgehead atoms. The van der Waals surface area contributed by atoms with Crippen LogP contribution in [0, 0.1) is 23.5 Å². The molecule has 106 valence electrons. The van der Waals surface area contributed by atoms with Gasteiger partial charge in [0.25, 0.3) is 0 Å². The van der Waals surface area contributed by atoms with E-state index in [9.17, 15) is 13.9 Å². The number of benzene rings is 1. The molecule has 2 rings (SSSR count). The van der Waals surface area contributed by atoms with Gasteiger partial charge < -0.3 is 5.11 Å². The maximum absolute atomic E-state index is 13.6. The van der Waals surface area contributed by atoms with Gasteiger partial charge in [-0.2, -0.15) is 0 Å². The van der Waals surface area contributed by atoms with E-state index in [-0.39, 0.29) is 12.0 Å². The molecular formula is C16H22F2O. The first kappa shape index (κ1) is 14.4. The lowest BCUT2D eigenvalue weighted by Gasteiger charge is -2.37. The minimum atomic E-state index is -0.950. The van der Waals surface area contributed by atoms with Gasteiger partial charge in [0.15, 0.2) is 0 Å². The molecule has 0 aromatic heterocycles. The molecule has 1 aliphatic carbocycles. The van der Waals surface area contributed by atoms with Gasteiger partial charge in [0.1, 0.15) is 11.6 Å². The minimum Gasteiger partial charge on any atom is -0.390 e. The quantitative estimate of drug-likeness (QED) is 0.875. The number of hydrogen-bond acceptors (Lipinski definition) is 1. The third-order valence-electron chi connectivity index (χ3n) is 4.47. The molecule has 1 N–H and O–H groups in total. The molecule has 1 aliphatic rings. The zero-order chi connectivity index (χ0) is 14.0. The van der Waals surface area contributed by atoms with Crippen molar-refractivity contribution in [2.24, 2.45) is 11.8 Å². The highest BCUT2D eigenvalue weighted by Gasteiger charge is 2.35. The van der Waals surface area contributed by atoms with Crippen molar-refractivity contribution in [2.45, 2.75) is 51.6 Å². The molecule has 0 unspecified atom stereocenters.